The van der Waals surface area contributed by atoms with E-state index < -0.39 is 45.1 Å². The number of phosphoric ester groups is 1. The molecule has 1 saturated heterocycles. The van der Waals surface area contributed by atoms with E-state index in [-0.39, 0.29) is 0 Å². The zero-order chi connectivity index (χ0) is 12.5. The van der Waals surface area contributed by atoms with Crippen LogP contribution < -0.4 is 4.89 Å². The fourth-order valence-electron chi connectivity index (χ4n) is 1.24. The second-order valence-corrected chi connectivity index (χ2v) is 4.50. The van der Waals surface area contributed by atoms with Crippen molar-refractivity contribution in [3.8, 4) is 0 Å². The fourth-order valence-corrected chi connectivity index (χ4v) is 1.57. The van der Waals surface area contributed by atoms with E-state index in [0.29, 0.717) is 0 Å². The molecule has 1 rings (SSSR count). The summed E-state index contributed by atoms with van der Waals surface area (Å²) in [6.45, 7) is -0.792. The smallest absolute Gasteiger partial charge is 0.265 e. The largest absolute Gasteiger partial charge is 0.756 e. The molecule has 0 radical (unpaired) electrons. The average Bonchev–Trinajstić information content (AvgIpc) is 2.17. The lowest BCUT2D eigenvalue weighted by molar-refractivity contribution is -0.289. The zero-order valence-corrected chi connectivity index (χ0v) is 8.80. The highest BCUT2D eigenvalue weighted by Crippen LogP contribution is 2.32. The molecule has 1 fully saturated rings. The second-order valence-electron chi connectivity index (χ2n) is 3.30. The van der Waals surface area contributed by atoms with Crippen LogP contribution in [0.3, 0.4) is 0 Å². The molecule has 1 unspecified atom stereocenters. The Morgan fingerprint density at radius 2 is 1.75 bits per heavy atom. The van der Waals surface area contributed by atoms with E-state index in [2.05, 4.69) is 9.26 Å². The van der Waals surface area contributed by atoms with E-state index in [1.807, 2.05) is 0 Å². The Balaban J connectivity index is 2.57. The summed E-state index contributed by atoms with van der Waals surface area (Å²) in [5.41, 5.74) is 0. The highest BCUT2D eigenvalue weighted by atomic mass is 31.2. The van der Waals surface area contributed by atoms with Crippen LogP contribution in [0.5, 0.6) is 0 Å². The lowest BCUT2D eigenvalue weighted by Gasteiger charge is -2.38. The van der Waals surface area contributed by atoms with Gasteiger partial charge in [0.2, 0.25) is 0 Å². The Morgan fingerprint density at radius 3 is 2.25 bits per heavy atom. The number of ether oxygens (including phenoxy) is 1. The molecule has 96 valence electrons. The van der Waals surface area contributed by atoms with Gasteiger partial charge in [0, 0.05) is 0 Å². The molecule has 0 aromatic heterocycles. The summed E-state index contributed by atoms with van der Waals surface area (Å²) >= 11 is 0. The van der Waals surface area contributed by atoms with Crippen LogP contribution in [-0.2, 0) is 13.8 Å². The SMILES string of the molecule is O=P([O-])(O)OC[C@H]1O[C@@H](O)[C@H](O)[C@@H](O)[C@@H]1O. The molecule has 6 atom stereocenters. The number of hydrogen-bond acceptors (Lipinski definition) is 8. The van der Waals surface area contributed by atoms with Gasteiger partial charge in [-0.05, 0) is 0 Å². The number of hydrogen-bond donors (Lipinski definition) is 5. The zero-order valence-electron chi connectivity index (χ0n) is 7.91. The summed E-state index contributed by atoms with van der Waals surface area (Å²) in [5, 5.41) is 36.7. The van der Waals surface area contributed by atoms with Crippen molar-refractivity contribution in [2.75, 3.05) is 6.61 Å². The minimum atomic E-state index is -4.98. The van der Waals surface area contributed by atoms with Crippen molar-refractivity contribution in [2.24, 2.45) is 0 Å². The Labute approximate surface area is 90.1 Å². The number of phosphoric acid groups is 1. The van der Waals surface area contributed by atoms with Crippen LogP contribution in [0.25, 0.3) is 0 Å². The molecule has 0 spiro atoms. The van der Waals surface area contributed by atoms with Crippen LogP contribution in [0.2, 0.25) is 0 Å². The second kappa shape index (κ2) is 5.05. The monoisotopic (exact) mass is 259 g/mol. The van der Waals surface area contributed by atoms with Crippen LogP contribution in [0, 0.1) is 0 Å². The Hall–Kier alpha value is -0.0900. The van der Waals surface area contributed by atoms with Crippen molar-refractivity contribution in [3.05, 3.63) is 0 Å². The third-order valence-electron chi connectivity index (χ3n) is 2.09. The molecule has 0 saturated carbocycles. The summed E-state index contributed by atoms with van der Waals surface area (Å²) in [5.74, 6) is 0. The van der Waals surface area contributed by atoms with Gasteiger partial charge in [-0.15, -0.1) is 0 Å². The molecule has 16 heavy (non-hydrogen) atoms. The molecular weight excluding hydrogens is 247 g/mol. The first-order chi connectivity index (χ1) is 7.22. The molecule has 1 aliphatic rings. The first kappa shape index (κ1) is 14.0. The normalized spacial score (nSPS) is 44.0. The third-order valence-corrected chi connectivity index (χ3v) is 2.56. The molecule has 1 aliphatic heterocycles. The predicted molar refractivity (Wildman–Crippen MR) is 44.7 cm³/mol. The van der Waals surface area contributed by atoms with Crippen molar-refractivity contribution < 1.29 is 44.0 Å². The molecule has 0 aliphatic carbocycles. The Kier molecular flexibility index (Phi) is 4.41. The molecule has 0 aromatic rings. The predicted octanol–water partition coefficient (Wildman–Crippen LogP) is -3.74. The van der Waals surface area contributed by atoms with Gasteiger partial charge in [0.15, 0.2) is 6.29 Å². The average molecular weight is 259 g/mol. The Bertz CT molecular complexity index is 277. The van der Waals surface area contributed by atoms with Crippen LogP contribution >= 0.6 is 7.82 Å². The summed E-state index contributed by atoms with van der Waals surface area (Å²) in [6.07, 6.45) is -8.23. The van der Waals surface area contributed by atoms with Crippen molar-refractivity contribution in [2.45, 2.75) is 30.7 Å². The van der Waals surface area contributed by atoms with Gasteiger partial charge in [-0.1, -0.05) is 0 Å². The minimum Gasteiger partial charge on any atom is -0.756 e. The lowest BCUT2D eigenvalue weighted by Crippen LogP contribution is -2.58. The van der Waals surface area contributed by atoms with Gasteiger partial charge in [-0.2, -0.15) is 0 Å². The van der Waals surface area contributed by atoms with Crippen molar-refractivity contribution in [3.63, 3.8) is 0 Å². The van der Waals surface area contributed by atoms with E-state index in [0.717, 1.165) is 0 Å². The maximum absolute atomic E-state index is 10.3. The summed E-state index contributed by atoms with van der Waals surface area (Å²) in [4.78, 5) is 18.5. The highest BCUT2D eigenvalue weighted by molar-refractivity contribution is 7.44. The molecule has 0 aromatic carbocycles. The summed E-state index contributed by atoms with van der Waals surface area (Å²) < 4.78 is 18.8. The van der Waals surface area contributed by atoms with Gasteiger partial charge in [0.05, 0.1) is 6.61 Å². The van der Waals surface area contributed by atoms with Crippen molar-refractivity contribution >= 4 is 7.82 Å². The van der Waals surface area contributed by atoms with E-state index in [4.69, 9.17) is 15.1 Å². The number of aliphatic hydroxyl groups excluding tert-OH is 4. The van der Waals surface area contributed by atoms with E-state index in [9.17, 15) is 19.7 Å². The molecule has 10 heteroatoms. The van der Waals surface area contributed by atoms with Gasteiger partial charge in [-0.3, -0.25) is 4.57 Å². The van der Waals surface area contributed by atoms with Gasteiger partial charge < -0.3 is 39.5 Å². The molecule has 5 N–H and O–H groups in total. The van der Waals surface area contributed by atoms with Gasteiger partial charge in [-0.25, -0.2) is 0 Å². The summed E-state index contributed by atoms with van der Waals surface area (Å²) in [6, 6.07) is 0. The maximum atomic E-state index is 10.3. The van der Waals surface area contributed by atoms with Crippen LogP contribution in [0.15, 0.2) is 0 Å². The number of rotatable bonds is 3. The minimum absolute atomic E-state index is 0.792. The van der Waals surface area contributed by atoms with Crippen molar-refractivity contribution in [1.29, 1.82) is 0 Å². The molecule has 9 nitrogen and oxygen atoms in total. The van der Waals surface area contributed by atoms with E-state index in [1.54, 1.807) is 0 Å². The first-order valence-corrected chi connectivity index (χ1v) is 5.78. The van der Waals surface area contributed by atoms with Gasteiger partial charge >= 0.3 is 0 Å². The van der Waals surface area contributed by atoms with Crippen molar-refractivity contribution in [1.82, 2.24) is 0 Å². The van der Waals surface area contributed by atoms with Gasteiger partial charge in [0.25, 0.3) is 7.82 Å². The van der Waals surface area contributed by atoms with Crippen LogP contribution in [-0.4, -0.2) is 62.6 Å². The quantitative estimate of drug-likeness (QED) is 0.321. The summed E-state index contributed by atoms with van der Waals surface area (Å²) in [7, 11) is -4.98. The molecule has 0 bridgehead atoms. The highest BCUT2D eigenvalue weighted by Gasteiger charge is 2.43. The topological polar surface area (TPSA) is 160 Å². The molecular formula is C6H12O9P-. The van der Waals surface area contributed by atoms with E-state index in [1.165, 1.54) is 0 Å². The fraction of sp³-hybridized carbons (Fsp3) is 1.00. The molecule has 0 amide bonds. The standard InChI is InChI=1S/C6H13O9P/c7-3-2(1-14-16(11,12)13)15-6(10)5(9)4(3)8/h2-10H,1H2,(H2,11,12,13)/p-1/t2-,3-,4+,5-,6-/m1/s1. The first-order valence-electron chi connectivity index (χ1n) is 4.28. The maximum Gasteiger partial charge on any atom is 0.265 e. The van der Waals surface area contributed by atoms with Gasteiger partial charge in [0.1, 0.15) is 24.4 Å². The number of aliphatic hydroxyl groups is 4. The Morgan fingerprint density at radius 1 is 1.19 bits per heavy atom. The van der Waals surface area contributed by atoms with Crippen LogP contribution in [0.4, 0.5) is 0 Å². The lowest BCUT2D eigenvalue weighted by atomic mass is 10.00. The molecule has 1 heterocycles. The van der Waals surface area contributed by atoms with E-state index >= 15 is 0 Å². The van der Waals surface area contributed by atoms with Crippen LogP contribution in [0.1, 0.15) is 0 Å². The third kappa shape index (κ3) is 3.45.